The lowest BCUT2D eigenvalue weighted by Crippen LogP contribution is -2.35. The molecule has 0 heterocycles. The molecule has 0 atom stereocenters. The zero-order chi connectivity index (χ0) is 12.8. The van der Waals surface area contributed by atoms with Crippen LogP contribution in [0, 0.1) is 11.3 Å². The van der Waals surface area contributed by atoms with E-state index in [0.717, 1.165) is 0 Å². The molecule has 0 aliphatic heterocycles. The van der Waals surface area contributed by atoms with E-state index in [9.17, 15) is 13.2 Å². The van der Waals surface area contributed by atoms with Crippen LogP contribution in [0.2, 0.25) is 0 Å². The summed E-state index contributed by atoms with van der Waals surface area (Å²) in [5.74, 6) is -0.963. The minimum absolute atomic E-state index is 0.155. The molecule has 0 unspecified atom stereocenters. The summed E-state index contributed by atoms with van der Waals surface area (Å²) in [6, 6.07) is 1.94. The zero-order valence-electron chi connectivity index (χ0n) is 8.32. The van der Waals surface area contributed by atoms with Crippen molar-refractivity contribution in [3.8, 4) is 6.07 Å². The van der Waals surface area contributed by atoms with Crippen molar-refractivity contribution in [3.63, 3.8) is 0 Å². The molecule has 0 aliphatic rings. The van der Waals surface area contributed by atoms with Crippen molar-refractivity contribution in [3.05, 3.63) is 0 Å². The fraction of sp³-hybridized carbons (Fsp3) is 0.750. The lowest BCUT2D eigenvalue weighted by molar-refractivity contribution is -0.118. The van der Waals surface area contributed by atoms with Crippen LogP contribution in [0.1, 0.15) is 32.1 Å². The Balaban J connectivity index is 4.14. The Morgan fingerprint density at radius 1 is 1.31 bits per heavy atom. The van der Waals surface area contributed by atoms with Crippen LogP contribution in [-0.4, -0.2) is 22.4 Å². The van der Waals surface area contributed by atoms with Crippen LogP contribution in [0.3, 0.4) is 0 Å². The van der Waals surface area contributed by atoms with Crippen molar-refractivity contribution in [2.45, 2.75) is 35.8 Å². The Morgan fingerprint density at radius 2 is 1.88 bits per heavy atom. The van der Waals surface area contributed by atoms with Crippen LogP contribution in [-0.2, 0) is 14.9 Å². The molecule has 16 heavy (non-hydrogen) atoms. The number of unbranched alkanes of at least 4 members (excludes halogenated alkanes) is 3. The molecule has 0 aromatic heterocycles. The third kappa shape index (κ3) is 4.66. The molecule has 0 aromatic carbocycles. The second-order valence-corrected chi connectivity index (χ2v) is 6.47. The SMILES string of the molecule is N#CCCCCCC(=O)C(Cl)(Cl)S(=O)(=O)O. The summed E-state index contributed by atoms with van der Waals surface area (Å²) in [4.78, 5) is 11.3. The molecule has 0 amide bonds. The van der Waals surface area contributed by atoms with E-state index < -0.39 is 19.6 Å². The van der Waals surface area contributed by atoms with Crippen LogP contribution >= 0.6 is 23.2 Å². The highest BCUT2D eigenvalue weighted by molar-refractivity contribution is 7.91. The van der Waals surface area contributed by atoms with E-state index in [-0.39, 0.29) is 6.42 Å². The molecule has 8 heteroatoms. The van der Waals surface area contributed by atoms with Gasteiger partial charge in [0.2, 0.25) is 0 Å². The van der Waals surface area contributed by atoms with Gasteiger partial charge in [-0.15, -0.1) is 0 Å². The van der Waals surface area contributed by atoms with Gasteiger partial charge in [-0.3, -0.25) is 9.35 Å². The van der Waals surface area contributed by atoms with Crippen LogP contribution in [0.15, 0.2) is 0 Å². The van der Waals surface area contributed by atoms with Crippen LogP contribution < -0.4 is 0 Å². The fourth-order valence-corrected chi connectivity index (χ4v) is 1.53. The van der Waals surface area contributed by atoms with Crippen LogP contribution in [0.5, 0.6) is 0 Å². The van der Waals surface area contributed by atoms with Gasteiger partial charge in [0.15, 0.2) is 5.78 Å². The molecule has 0 rings (SSSR count). The second-order valence-electron chi connectivity index (χ2n) is 3.13. The molecule has 0 aromatic rings. The van der Waals surface area contributed by atoms with Crippen molar-refractivity contribution in [1.29, 1.82) is 5.26 Å². The number of carbonyl (C=O) groups is 1. The monoisotopic (exact) mass is 287 g/mol. The quantitative estimate of drug-likeness (QED) is 0.439. The number of nitrogens with zero attached hydrogens (tertiary/aromatic N) is 1. The first-order valence-corrected chi connectivity index (χ1v) is 6.68. The molecular formula is C8H11Cl2NO4S. The van der Waals surface area contributed by atoms with E-state index in [1.165, 1.54) is 0 Å². The van der Waals surface area contributed by atoms with Gasteiger partial charge in [-0.2, -0.15) is 13.7 Å². The Labute approximate surface area is 104 Å². The summed E-state index contributed by atoms with van der Waals surface area (Å²) in [7, 11) is -4.82. The predicted octanol–water partition coefficient (Wildman–Crippen LogP) is 2.05. The Morgan fingerprint density at radius 3 is 2.31 bits per heavy atom. The van der Waals surface area contributed by atoms with Gasteiger partial charge in [0, 0.05) is 12.8 Å². The largest absolute Gasteiger partial charge is 0.306 e. The molecule has 0 aliphatic carbocycles. The number of hydrogen-bond acceptors (Lipinski definition) is 4. The van der Waals surface area contributed by atoms with Crippen LogP contribution in [0.4, 0.5) is 0 Å². The van der Waals surface area contributed by atoms with Crippen molar-refractivity contribution < 1.29 is 17.8 Å². The number of carbonyl (C=O) groups excluding carboxylic acids is 1. The lowest BCUT2D eigenvalue weighted by atomic mass is 10.1. The predicted molar refractivity (Wildman–Crippen MR) is 59.7 cm³/mol. The third-order valence-corrected chi connectivity index (χ3v) is 4.31. The Kier molecular flexibility index (Phi) is 6.26. The Bertz CT molecular complexity index is 385. The molecule has 0 spiro atoms. The highest BCUT2D eigenvalue weighted by Gasteiger charge is 2.45. The van der Waals surface area contributed by atoms with Gasteiger partial charge < -0.3 is 0 Å². The highest BCUT2D eigenvalue weighted by atomic mass is 35.5. The minimum atomic E-state index is -4.82. The molecule has 0 bridgehead atoms. The van der Waals surface area contributed by atoms with Crippen molar-refractivity contribution in [1.82, 2.24) is 0 Å². The summed E-state index contributed by atoms with van der Waals surface area (Å²) in [5, 5.41) is 8.24. The fourth-order valence-electron chi connectivity index (χ4n) is 0.956. The number of Topliss-reactive ketones (excluding diaryl/α,β-unsaturated/α-hetero) is 1. The van der Waals surface area contributed by atoms with Gasteiger partial charge in [-0.1, -0.05) is 29.6 Å². The van der Waals surface area contributed by atoms with Crippen LogP contribution in [0.25, 0.3) is 0 Å². The summed E-state index contributed by atoms with van der Waals surface area (Å²) in [6.07, 6.45) is 1.80. The summed E-state index contributed by atoms with van der Waals surface area (Å²) in [5.41, 5.74) is 0. The van der Waals surface area contributed by atoms with Crippen molar-refractivity contribution in [2.75, 3.05) is 0 Å². The van der Waals surface area contributed by atoms with E-state index in [4.69, 9.17) is 33.0 Å². The van der Waals surface area contributed by atoms with Crippen molar-refractivity contribution >= 4 is 39.1 Å². The normalized spacial score (nSPS) is 12.1. The Hall–Kier alpha value is -0.350. The van der Waals surface area contributed by atoms with Gasteiger partial charge in [0.25, 0.3) is 0 Å². The van der Waals surface area contributed by atoms with Gasteiger partial charge in [0.1, 0.15) is 0 Å². The molecule has 92 valence electrons. The maximum atomic E-state index is 11.3. The van der Waals surface area contributed by atoms with Gasteiger partial charge >= 0.3 is 13.8 Å². The topological polar surface area (TPSA) is 95.2 Å². The maximum absolute atomic E-state index is 11.3. The average molecular weight is 288 g/mol. The van der Waals surface area contributed by atoms with Gasteiger partial charge in [0.05, 0.1) is 6.07 Å². The number of hydrogen-bond donors (Lipinski definition) is 1. The zero-order valence-corrected chi connectivity index (χ0v) is 10.6. The highest BCUT2D eigenvalue weighted by Crippen LogP contribution is 2.30. The number of alkyl halides is 2. The molecule has 0 saturated carbocycles. The molecular weight excluding hydrogens is 277 g/mol. The summed E-state index contributed by atoms with van der Waals surface area (Å²) in [6.45, 7) is 0. The first kappa shape index (κ1) is 15.7. The average Bonchev–Trinajstić information content (AvgIpc) is 2.15. The van der Waals surface area contributed by atoms with E-state index in [2.05, 4.69) is 0 Å². The maximum Gasteiger partial charge on any atom is 0.306 e. The summed E-state index contributed by atoms with van der Waals surface area (Å²) < 4.78 is 27.1. The van der Waals surface area contributed by atoms with Crippen molar-refractivity contribution in [2.24, 2.45) is 0 Å². The van der Waals surface area contributed by atoms with E-state index in [1.807, 2.05) is 6.07 Å². The molecule has 1 N–H and O–H groups in total. The lowest BCUT2D eigenvalue weighted by Gasteiger charge is -2.13. The first-order valence-electron chi connectivity index (χ1n) is 4.48. The van der Waals surface area contributed by atoms with E-state index in [0.29, 0.717) is 25.7 Å². The van der Waals surface area contributed by atoms with E-state index >= 15 is 0 Å². The number of nitriles is 1. The van der Waals surface area contributed by atoms with E-state index in [1.54, 1.807) is 0 Å². The summed E-state index contributed by atoms with van der Waals surface area (Å²) >= 11 is 10.5. The minimum Gasteiger partial charge on any atom is -0.295 e. The molecule has 0 radical (unpaired) electrons. The first-order chi connectivity index (χ1) is 7.23. The number of halogens is 2. The number of ketones is 1. The van der Waals surface area contributed by atoms with Gasteiger partial charge in [-0.05, 0) is 12.8 Å². The molecule has 5 nitrogen and oxygen atoms in total. The third-order valence-electron chi connectivity index (χ3n) is 1.84. The smallest absolute Gasteiger partial charge is 0.295 e. The molecule has 0 fully saturated rings. The van der Waals surface area contributed by atoms with Gasteiger partial charge in [-0.25, -0.2) is 0 Å². The number of rotatable bonds is 7. The second kappa shape index (κ2) is 6.40. The standard InChI is InChI=1S/C8H11Cl2NO4S/c9-8(10,16(13,14)15)7(12)5-3-1-2-4-6-11/h1-5H2,(H,13,14,15). The molecule has 0 saturated heterocycles.